The molecule has 0 aromatic carbocycles. The van der Waals surface area contributed by atoms with Crippen molar-refractivity contribution >= 4 is 0 Å². The fourth-order valence-electron chi connectivity index (χ4n) is 1.69. The van der Waals surface area contributed by atoms with Gasteiger partial charge in [-0.25, -0.2) is 0 Å². The van der Waals surface area contributed by atoms with Crippen LogP contribution in [0.15, 0.2) is 35.5 Å². The van der Waals surface area contributed by atoms with E-state index in [1.165, 1.54) is 11.1 Å². The monoisotopic (exact) mass is 205 g/mol. The van der Waals surface area contributed by atoms with E-state index in [9.17, 15) is 0 Å². The highest BCUT2D eigenvalue weighted by Crippen LogP contribution is 2.24. The highest BCUT2D eigenvalue weighted by Gasteiger charge is 2.18. The van der Waals surface area contributed by atoms with Gasteiger partial charge in [-0.1, -0.05) is 45.1 Å². The molecule has 1 rings (SSSR count). The van der Waals surface area contributed by atoms with Gasteiger partial charge in [-0.2, -0.15) is 0 Å². The van der Waals surface area contributed by atoms with E-state index in [1.54, 1.807) is 0 Å². The third-order valence-electron chi connectivity index (χ3n) is 3.08. The number of hydrogen-bond donors (Lipinski definition) is 1. The molecule has 0 aromatic heterocycles. The lowest BCUT2D eigenvalue weighted by atomic mass is 9.94. The van der Waals surface area contributed by atoms with E-state index in [1.807, 2.05) is 7.05 Å². The Kier molecular flexibility index (Phi) is 3.92. The summed E-state index contributed by atoms with van der Waals surface area (Å²) in [5.41, 5.74) is 2.83. The summed E-state index contributed by atoms with van der Waals surface area (Å²) in [7, 11) is 2.01. The maximum absolute atomic E-state index is 3.35. The highest BCUT2D eigenvalue weighted by molar-refractivity contribution is 5.40. The zero-order chi connectivity index (χ0) is 11.5. The molecule has 0 heterocycles. The zero-order valence-corrected chi connectivity index (χ0v) is 10.6. The van der Waals surface area contributed by atoms with Crippen LogP contribution >= 0.6 is 0 Å². The molecule has 84 valence electrons. The lowest BCUT2D eigenvalue weighted by molar-refractivity contribution is 0.580. The van der Waals surface area contributed by atoms with Crippen LogP contribution in [0.4, 0.5) is 0 Å². The van der Waals surface area contributed by atoms with E-state index in [0.29, 0.717) is 5.92 Å². The predicted octanol–water partition coefficient (Wildman–Crippen LogP) is 3.45. The third kappa shape index (κ3) is 3.07. The SMILES string of the molecule is CCC1=CC(C(C)C)=CC(C)(NC)C=C1. The number of rotatable bonds is 3. The van der Waals surface area contributed by atoms with E-state index < -0.39 is 0 Å². The van der Waals surface area contributed by atoms with Crippen LogP contribution in [0.25, 0.3) is 0 Å². The molecule has 1 heteroatoms. The van der Waals surface area contributed by atoms with Crippen LogP contribution < -0.4 is 5.32 Å². The Morgan fingerprint density at radius 3 is 2.53 bits per heavy atom. The Balaban J connectivity index is 3.10. The molecule has 1 unspecified atom stereocenters. The van der Waals surface area contributed by atoms with Gasteiger partial charge in [0.05, 0.1) is 5.54 Å². The molecular weight excluding hydrogens is 182 g/mol. The van der Waals surface area contributed by atoms with E-state index in [2.05, 4.69) is 57.3 Å². The molecule has 0 bridgehead atoms. The fraction of sp³-hybridized carbons (Fsp3) is 0.571. The fourth-order valence-corrected chi connectivity index (χ4v) is 1.69. The number of nitrogens with one attached hydrogen (secondary N) is 1. The molecule has 0 spiro atoms. The van der Waals surface area contributed by atoms with Gasteiger partial charge in [0, 0.05) is 0 Å². The molecule has 0 fully saturated rings. The van der Waals surface area contributed by atoms with Crippen LogP contribution in [0.3, 0.4) is 0 Å². The first kappa shape index (κ1) is 12.3. The lowest BCUT2D eigenvalue weighted by Gasteiger charge is -2.22. The number of allylic oxidation sites excluding steroid dienone is 4. The van der Waals surface area contributed by atoms with Crippen LogP contribution in [0.1, 0.15) is 34.1 Å². The number of likely N-dealkylation sites (N-methyl/N-ethyl adjacent to an activating group) is 1. The molecule has 0 radical (unpaired) electrons. The largest absolute Gasteiger partial charge is 0.308 e. The van der Waals surface area contributed by atoms with Crippen molar-refractivity contribution in [2.45, 2.75) is 39.7 Å². The van der Waals surface area contributed by atoms with Gasteiger partial charge < -0.3 is 5.32 Å². The first-order chi connectivity index (χ1) is 7.00. The Hall–Kier alpha value is -0.820. The summed E-state index contributed by atoms with van der Waals surface area (Å²) in [6.07, 6.45) is 10.2. The average molecular weight is 205 g/mol. The third-order valence-corrected chi connectivity index (χ3v) is 3.08. The van der Waals surface area contributed by atoms with Crippen LogP contribution in [0.5, 0.6) is 0 Å². The Morgan fingerprint density at radius 1 is 1.40 bits per heavy atom. The van der Waals surface area contributed by atoms with Crippen molar-refractivity contribution < 1.29 is 0 Å². The first-order valence-electron chi connectivity index (χ1n) is 5.82. The van der Waals surface area contributed by atoms with Gasteiger partial charge >= 0.3 is 0 Å². The molecular formula is C14H23N. The Morgan fingerprint density at radius 2 is 2.07 bits per heavy atom. The minimum absolute atomic E-state index is 0.00692. The summed E-state index contributed by atoms with van der Waals surface area (Å²) >= 11 is 0. The van der Waals surface area contributed by atoms with E-state index in [4.69, 9.17) is 0 Å². The molecule has 15 heavy (non-hydrogen) atoms. The summed E-state index contributed by atoms with van der Waals surface area (Å²) < 4.78 is 0. The summed E-state index contributed by atoms with van der Waals surface area (Å²) in [5.74, 6) is 0.583. The van der Waals surface area contributed by atoms with Crippen LogP contribution in [-0.4, -0.2) is 12.6 Å². The lowest BCUT2D eigenvalue weighted by Crippen LogP contribution is -2.35. The van der Waals surface area contributed by atoms with Gasteiger partial charge in [0.2, 0.25) is 0 Å². The van der Waals surface area contributed by atoms with Crippen molar-refractivity contribution in [3.63, 3.8) is 0 Å². The molecule has 1 aliphatic carbocycles. The summed E-state index contributed by atoms with van der Waals surface area (Å²) in [5, 5.41) is 3.35. The summed E-state index contributed by atoms with van der Waals surface area (Å²) in [6.45, 7) is 8.91. The van der Waals surface area contributed by atoms with Crippen molar-refractivity contribution in [2.24, 2.45) is 5.92 Å². The van der Waals surface area contributed by atoms with Crippen molar-refractivity contribution in [1.29, 1.82) is 0 Å². The normalized spacial score (nSPS) is 26.3. The molecule has 1 atom stereocenters. The molecule has 0 saturated carbocycles. The minimum atomic E-state index is -0.00692. The van der Waals surface area contributed by atoms with Crippen LogP contribution in [0.2, 0.25) is 0 Å². The number of hydrogen-bond acceptors (Lipinski definition) is 1. The van der Waals surface area contributed by atoms with Crippen molar-refractivity contribution in [3.05, 3.63) is 35.5 Å². The second-order valence-electron chi connectivity index (χ2n) is 4.74. The van der Waals surface area contributed by atoms with Gasteiger partial charge in [0.25, 0.3) is 0 Å². The Labute approximate surface area is 94.0 Å². The predicted molar refractivity (Wildman–Crippen MR) is 67.9 cm³/mol. The second kappa shape index (κ2) is 4.80. The van der Waals surface area contributed by atoms with Gasteiger partial charge in [-0.05, 0) is 37.5 Å². The molecule has 1 nitrogen and oxygen atoms in total. The zero-order valence-electron chi connectivity index (χ0n) is 10.6. The molecule has 0 saturated heterocycles. The van der Waals surface area contributed by atoms with Crippen molar-refractivity contribution in [1.82, 2.24) is 5.32 Å². The van der Waals surface area contributed by atoms with E-state index in [-0.39, 0.29) is 5.54 Å². The second-order valence-corrected chi connectivity index (χ2v) is 4.74. The van der Waals surface area contributed by atoms with Crippen LogP contribution in [-0.2, 0) is 0 Å². The van der Waals surface area contributed by atoms with Gasteiger partial charge in [-0.3, -0.25) is 0 Å². The molecule has 0 aromatic rings. The summed E-state index contributed by atoms with van der Waals surface area (Å²) in [6, 6.07) is 0. The smallest absolute Gasteiger partial charge is 0.0527 e. The van der Waals surface area contributed by atoms with Crippen LogP contribution in [0, 0.1) is 5.92 Å². The molecule has 0 aliphatic heterocycles. The van der Waals surface area contributed by atoms with E-state index in [0.717, 1.165) is 6.42 Å². The van der Waals surface area contributed by atoms with Crippen molar-refractivity contribution in [3.8, 4) is 0 Å². The quantitative estimate of drug-likeness (QED) is 0.744. The molecule has 0 amide bonds. The molecule has 1 N–H and O–H groups in total. The van der Waals surface area contributed by atoms with E-state index >= 15 is 0 Å². The topological polar surface area (TPSA) is 12.0 Å². The minimum Gasteiger partial charge on any atom is -0.308 e. The molecule has 1 aliphatic rings. The summed E-state index contributed by atoms with van der Waals surface area (Å²) in [4.78, 5) is 0. The maximum atomic E-state index is 3.35. The van der Waals surface area contributed by atoms with Crippen molar-refractivity contribution in [2.75, 3.05) is 7.05 Å². The Bertz CT molecular complexity index is 307. The van der Waals surface area contributed by atoms with Gasteiger partial charge in [-0.15, -0.1) is 0 Å². The maximum Gasteiger partial charge on any atom is 0.0527 e. The first-order valence-corrected chi connectivity index (χ1v) is 5.82. The van der Waals surface area contributed by atoms with Gasteiger partial charge in [0.1, 0.15) is 0 Å². The average Bonchev–Trinajstić information content (AvgIpc) is 2.38. The van der Waals surface area contributed by atoms with Gasteiger partial charge in [0.15, 0.2) is 0 Å². The highest BCUT2D eigenvalue weighted by atomic mass is 14.9. The standard InChI is InChI=1S/C14H23N/c1-6-12-7-8-14(4,15-5)10-13(9-12)11(2)3/h7-11,15H,6H2,1-5H3.